The predicted molar refractivity (Wildman–Crippen MR) is 174 cm³/mol. The molecule has 0 aliphatic carbocycles. The van der Waals surface area contributed by atoms with Crippen LogP contribution in [0.1, 0.15) is 29.2 Å². The van der Waals surface area contributed by atoms with Gasteiger partial charge in [-0.15, -0.1) is 0 Å². The first-order valence-corrected chi connectivity index (χ1v) is 15.0. The summed E-state index contributed by atoms with van der Waals surface area (Å²) >= 11 is 19.2. The summed E-state index contributed by atoms with van der Waals surface area (Å²) in [6.07, 6.45) is 1.31. The molecule has 0 unspecified atom stereocenters. The largest absolute Gasteiger partial charge is 0.490 e. The SMILES string of the molecule is CCOc1cc(COc2c(Cl)cc(/C=C3\C(=O)NC(=O)N(c4cc(Cl)ccc4C)C3=O)cc2Cl)ccc1OCc1ccccc1. The zero-order valence-electron chi connectivity index (χ0n) is 24.2. The van der Waals surface area contributed by atoms with Crippen LogP contribution in [0.25, 0.3) is 6.08 Å². The van der Waals surface area contributed by atoms with Gasteiger partial charge in [-0.1, -0.05) is 77.3 Å². The summed E-state index contributed by atoms with van der Waals surface area (Å²) in [7, 11) is 0. The number of benzene rings is 4. The first kappa shape index (κ1) is 31.9. The highest BCUT2D eigenvalue weighted by molar-refractivity contribution is 6.40. The molecule has 0 atom stereocenters. The van der Waals surface area contributed by atoms with Gasteiger partial charge in [-0.25, -0.2) is 9.69 Å². The lowest BCUT2D eigenvalue weighted by Gasteiger charge is -2.27. The number of imide groups is 2. The van der Waals surface area contributed by atoms with Crippen LogP contribution in [0.15, 0.2) is 84.4 Å². The molecule has 1 aliphatic rings. The number of aryl methyl sites for hydroxylation is 1. The third-order valence-corrected chi connectivity index (χ3v) is 7.57. The van der Waals surface area contributed by atoms with Gasteiger partial charge < -0.3 is 14.2 Å². The smallest absolute Gasteiger partial charge is 0.335 e. The van der Waals surface area contributed by atoms with Crippen molar-refractivity contribution in [1.82, 2.24) is 5.32 Å². The number of urea groups is 1. The van der Waals surface area contributed by atoms with Gasteiger partial charge in [-0.3, -0.25) is 14.9 Å². The molecule has 1 N–H and O–H groups in total. The van der Waals surface area contributed by atoms with Gasteiger partial charge in [0.25, 0.3) is 11.8 Å². The van der Waals surface area contributed by atoms with Crippen LogP contribution in [0.3, 0.4) is 0 Å². The molecule has 0 aromatic heterocycles. The zero-order chi connectivity index (χ0) is 32.1. The molecule has 5 rings (SSSR count). The fourth-order valence-electron chi connectivity index (χ4n) is 4.59. The number of carbonyl (C=O) groups is 3. The van der Waals surface area contributed by atoms with Crippen molar-refractivity contribution in [3.63, 3.8) is 0 Å². The van der Waals surface area contributed by atoms with E-state index in [2.05, 4.69) is 5.32 Å². The van der Waals surface area contributed by atoms with E-state index in [-0.39, 0.29) is 33.7 Å². The zero-order valence-corrected chi connectivity index (χ0v) is 26.5. The molecule has 230 valence electrons. The van der Waals surface area contributed by atoms with Gasteiger partial charge in [0.2, 0.25) is 0 Å². The van der Waals surface area contributed by atoms with Crippen molar-refractivity contribution < 1.29 is 28.6 Å². The Labute approximate surface area is 275 Å². The van der Waals surface area contributed by atoms with Crippen LogP contribution in [-0.2, 0) is 22.8 Å². The van der Waals surface area contributed by atoms with E-state index in [1.165, 1.54) is 24.3 Å². The average Bonchev–Trinajstić information content (AvgIpc) is 3.00. The summed E-state index contributed by atoms with van der Waals surface area (Å²) < 4.78 is 17.7. The van der Waals surface area contributed by atoms with Gasteiger partial charge in [0, 0.05) is 5.02 Å². The Hall–Kier alpha value is -4.50. The summed E-state index contributed by atoms with van der Waals surface area (Å²) in [5.41, 5.74) is 2.76. The fourth-order valence-corrected chi connectivity index (χ4v) is 5.37. The monoisotopic (exact) mass is 664 g/mol. The van der Waals surface area contributed by atoms with Crippen molar-refractivity contribution in [3.05, 3.63) is 122 Å². The average molecular weight is 666 g/mol. The Balaban J connectivity index is 1.33. The highest BCUT2D eigenvalue weighted by Crippen LogP contribution is 2.37. The number of nitrogens with one attached hydrogen (secondary N) is 1. The molecule has 0 spiro atoms. The first-order valence-electron chi connectivity index (χ1n) is 13.9. The van der Waals surface area contributed by atoms with E-state index in [0.29, 0.717) is 40.9 Å². The molecule has 1 saturated heterocycles. The van der Waals surface area contributed by atoms with Crippen molar-refractivity contribution >= 4 is 64.4 Å². The minimum absolute atomic E-state index is 0.121. The van der Waals surface area contributed by atoms with E-state index in [9.17, 15) is 14.4 Å². The molecule has 4 amide bonds. The molecule has 45 heavy (non-hydrogen) atoms. The van der Waals surface area contributed by atoms with Gasteiger partial charge in [-0.05, 0) is 78.6 Å². The lowest BCUT2D eigenvalue weighted by atomic mass is 10.1. The number of ether oxygens (including phenoxy) is 3. The predicted octanol–water partition coefficient (Wildman–Crippen LogP) is 8.18. The summed E-state index contributed by atoms with van der Waals surface area (Å²) in [5.74, 6) is -0.277. The summed E-state index contributed by atoms with van der Waals surface area (Å²) in [6, 6.07) is 22.2. The molecule has 1 fully saturated rings. The maximum atomic E-state index is 13.3. The van der Waals surface area contributed by atoms with Crippen LogP contribution < -0.4 is 24.4 Å². The topological polar surface area (TPSA) is 94.2 Å². The van der Waals surface area contributed by atoms with Crippen molar-refractivity contribution in [3.8, 4) is 17.2 Å². The molecule has 0 saturated carbocycles. The van der Waals surface area contributed by atoms with Gasteiger partial charge in [0.05, 0.1) is 22.3 Å². The van der Waals surface area contributed by atoms with E-state index in [0.717, 1.165) is 16.0 Å². The molecule has 1 heterocycles. The van der Waals surface area contributed by atoms with Crippen LogP contribution in [0, 0.1) is 6.92 Å². The number of carbonyl (C=O) groups excluding carboxylic acids is 3. The quantitative estimate of drug-likeness (QED) is 0.136. The number of barbiturate groups is 1. The van der Waals surface area contributed by atoms with Crippen molar-refractivity contribution in [2.24, 2.45) is 0 Å². The summed E-state index contributed by atoms with van der Waals surface area (Å²) in [5, 5.41) is 2.84. The third kappa shape index (κ3) is 7.42. The lowest BCUT2D eigenvalue weighted by Crippen LogP contribution is -2.54. The first-order chi connectivity index (χ1) is 21.6. The Bertz CT molecular complexity index is 1790. The molecule has 8 nitrogen and oxygen atoms in total. The molecule has 4 aromatic rings. The number of nitrogens with zero attached hydrogens (tertiary/aromatic N) is 1. The van der Waals surface area contributed by atoms with Crippen molar-refractivity contribution in [2.75, 3.05) is 11.5 Å². The van der Waals surface area contributed by atoms with Crippen LogP contribution in [-0.4, -0.2) is 24.5 Å². The number of rotatable bonds is 10. The maximum absolute atomic E-state index is 13.3. The van der Waals surface area contributed by atoms with E-state index in [4.69, 9.17) is 49.0 Å². The van der Waals surface area contributed by atoms with Crippen molar-refractivity contribution in [1.29, 1.82) is 0 Å². The Morgan fingerprint density at radius 2 is 1.49 bits per heavy atom. The minimum Gasteiger partial charge on any atom is -0.490 e. The molecule has 1 aliphatic heterocycles. The van der Waals surface area contributed by atoms with E-state index in [1.807, 2.05) is 55.5 Å². The molecular weight excluding hydrogens is 639 g/mol. The second kappa shape index (κ2) is 14.1. The molecular formula is C34H27Cl3N2O6. The van der Waals surface area contributed by atoms with E-state index < -0.39 is 17.8 Å². The third-order valence-electron chi connectivity index (χ3n) is 6.77. The Kier molecular flexibility index (Phi) is 9.98. The molecule has 0 radical (unpaired) electrons. The van der Waals surface area contributed by atoms with Crippen LogP contribution in [0.4, 0.5) is 10.5 Å². The molecule has 4 aromatic carbocycles. The second-order valence-electron chi connectivity index (χ2n) is 9.98. The highest BCUT2D eigenvalue weighted by atomic mass is 35.5. The highest BCUT2D eigenvalue weighted by Gasteiger charge is 2.37. The normalized spacial score (nSPS) is 14.0. The lowest BCUT2D eigenvalue weighted by molar-refractivity contribution is -0.122. The van der Waals surface area contributed by atoms with Crippen LogP contribution in [0.5, 0.6) is 17.2 Å². The minimum atomic E-state index is -0.879. The van der Waals surface area contributed by atoms with Gasteiger partial charge in [0.1, 0.15) is 18.8 Å². The number of halogens is 3. The van der Waals surface area contributed by atoms with Gasteiger partial charge in [-0.2, -0.15) is 0 Å². The Morgan fingerprint density at radius 3 is 2.20 bits per heavy atom. The standard InChI is InChI=1S/C34H27Cl3N2O6/c1-3-43-30-16-22(10-12-29(30)44-18-21-7-5-4-6-8-21)19-45-31-26(36)14-23(15-27(31)37)13-25-32(40)38-34(42)39(33(25)41)28-17-24(35)11-9-20(28)2/h4-17H,3,18-19H2,1-2H3,(H,38,40,42)/b25-13+. The van der Waals surface area contributed by atoms with Crippen LogP contribution in [0.2, 0.25) is 15.1 Å². The second-order valence-corrected chi connectivity index (χ2v) is 11.2. The summed E-state index contributed by atoms with van der Waals surface area (Å²) in [6.45, 7) is 4.57. The summed E-state index contributed by atoms with van der Waals surface area (Å²) in [4.78, 5) is 39.5. The Morgan fingerprint density at radius 1 is 0.778 bits per heavy atom. The number of amides is 4. The van der Waals surface area contributed by atoms with Gasteiger partial charge in [0.15, 0.2) is 17.2 Å². The van der Waals surface area contributed by atoms with Gasteiger partial charge >= 0.3 is 6.03 Å². The van der Waals surface area contributed by atoms with Crippen LogP contribution >= 0.6 is 34.8 Å². The number of anilines is 1. The number of hydrogen-bond donors (Lipinski definition) is 1. The maximum Gasteiger partial charge on any atom is 0.335 e. The molecule has 11 heteroatoms. The van der Waals surface area contributed by atoms with E-state index >= 15 is 0 Å². The van der Waals surface area contributed by atoms with E-state index in [1.54, 1.807) is 19.1 Å². The fraction of sp³-hybridized carbons (Fsp3) is 0.147. The number of hydrogen-bond acceptors (Lipinski definition) is 6. The molecule has 0 bridgehead atoms. The van der Waals surface area contributed by atoms with Crippen molar-refractivity contribution in [2.45, 2.75) is 27.1 Å².